The van der Waals surface area contributed by atoms with Crippen LogP contribution >= 0.6 is 11.8 Å². The molecule has 118 valence electrons. The predicted molar refractivity (Wildman–Crippen MR) is 86.7 cm³/mol. The van der Waals surface area contributed by atoms with Gasteiger partial charge in [-0.1, -0.05) is 6.07 Å². The molecule has 21 heavy (non-hydrogen) atoms. The van der Waals surface area contributed by atoms with Gasteiger partial charge in [-0.15, -0.1) is 11.8 Å². The van der Waals surface area contributed by atoms with E-state index in [9.17, 15) is 13.2 Å². The van der Waals surface area contributed by atoms with E-state index in [0.717, 1.165) is 4.90 Å². The lowest BCUT2D eigenvalue weighted by molar-refractivity contribution is -0.120. The molecule has 0 bridgehead atoms. The van der Waals surface area contributed by atoms with Crippen LogP contribution in [0.25, 0.3) is 0 Å². The normalized spacial score (nSPS) is 11.6. The zero-order chi connectivity index (χ0) is 15.9. The highest BCUT2D eigenvalue weighted by Gasteiger charge is 2.18. The summed E-state index contributed by atoms with van der Waals surface area (Å²) in [6.07, 6.45) is 0.161. The number of sulfonamides is 1. The monoisotopic (exact) mass is 331 g/mol. The van der Waals surface area contributed by atoms with E-state index in [1.165, 1.54) is 30.2 Å². The van der Waals surface area contributed by atoms with Gasteiger partial charge in [0.15, 0.2) is 0 Å². The smallest absolute Gasteiger partial charge is 0.221 e. The highest BCUT2D eigenvalue weighted by Crippen LogP contribution is 2.20. The molecule has 1 amide bonds. The molecule has 0 aromatic heterocycles. The Kier molecular flexibility index (Phi) is 7.00. The second-order valence-corrected chi connectivity index (χ2v) is 7.85. The molecule has 0 heterocycles. The second-order valence-electron chi connectivity index (χ2n) is 4.48. The largest absolute Gasteiger partial charge is 0.399 e. The first-order chi connectivity index (χ1) is 9.85. The Morgan fingerprint density at radius 1 is 1.43 bits per heavy atom. The van der Waals surface area contributed by atoms with Crippen LogP contribution in [0.3, 0.4) is 0 Å². The van der Waals surface area contributed by atoms with Crippen molar-refractivity contribution in [2.24, 2.45) is 0 Å². The summed E-state index contributed by atoms with van der Waals surface area (Å²) in [5.41, 5.74) is 6.33. The van der Waals surface area contributed by atoms with Crippen molar-refractivity contribution in [1.29, 1.82) is 0 Å². The van der Waals surface area contributed by atoms with Crippen LogP contribution < -0.4 is 11.1 Å². The molecule has 1 aromatic carbocycles. The number of thioether (sulfide) groups is 1. The van der Waals surface area contributed by atoms with Crippen molar-refractivity contribution < 1.29 is 13.2 Å². The number of amides is 1. The van der Waals surface area contributed by atoms with Crippen molar-refractivity contribution in [3.05, 3.63) is 24.3 Å². The number of benzene rings is 1. The van der Waals surface area contributed by atoms with Gasteiger partial charge >= 0.3 is 0 Å². The molecule has 0 aliphatic heterocycles. The molecule has 0 unspecified atom stereocenters. The molecule has 1 rings (SSSR count). The van der Waals surface area contributed by atoms with E-state index < -0.39 is 10.0 Å². The third-order valence-electron chi connectivity index (χ3n) is 2.88. The third-order valence-corrected chi connectivity index (χ3v) is 5.98. The van der Waals surface area contributed by atoms with Crippen LogP contribution in [0.5, 0.6) is 0 Å². The van der Waals surface area contributed by atoms with Gasteiger partial charge in [0.2, 0.25) is 15.9 Å². The van der Waals surface area contributed by atoms with Crippen molar-refractivity contribution in [3.8, 4) is 0 Å². The van der Waals surface area contributed by atoms with Gasteiger partial charge in [-0.05, 0) is 18.2 Å². The van der Waals surface area contributed by atoms with Gasteiger partial charge in [0.25, 0.3) is 0 Å². The summed E-state index contributed by atoms with van der Waals surface area (Å²) in [6.45, 7) is 0.185. The highest BCUT2D eigenvalue weighted by molar-refractivity contribution is 8.00. The lowest BCUT2D eigenvalue weighted by Gasteiger charge is -2.16. The molecule has 0 aliphatic rings. The summed E-state index contributed by atoms with van der Waals surface area (Å²) >= 11 is 1.44. The highest BCUT2D eigenvalue weighted by atomic mass is 32.2. The summed E-state index contributed by atoms with van der Waals surface area (Å²) < 4.78 is 25.3. The molecule has 8 heteroatoms. The van der Waals surface area contributed by atoms with Crippen LogP contribution in [-0.4, -0.2) is 50.8 Å². The van der Waals surface area contributed by atoms with Crippen LogP contribution in [-0.2, 0) is 14.8 Å². The molecule has 0 fully saturated rings. The Hall–Kier alpha value is -1.25. The maximum atomic E-state index is 12.0. The Morgan fingerprint density at radius 2 is 2.14 bits per heavy atom. The number of anilines is 1. The first-order valence-corrected chi connectivity index (χ1v) is 9.07. The van der Waals surface area contributed by atoms with E-state index in [1.54, 1.807) is 6.07 Å². The number of nitrogens with one attached hydrogen (secondary N) is 1. The third kappa shape index (κ3) is 6.36. The lowest BCUT2D eigenvalue weighted by Crippen LogP contribution is -2.33. The average molecular weight is 331 g/mol. The topological polar surface area (TPSA) is 92.5 Å². The van der Waals surface area contributed by atoms with Crippen LogP contribution in [0.2, 0.25) is 0 Å². The molecular formula is C13H21N3O3S2. The van der Waals surface area contributed by atoms with Crippen molar-refractivity contribution in [2.45, 2.75) is 11.3 Å². The van der Waals surface area contributed by atoms with Crippen LogP contribution in [0, 0.1) is 0 Å². The molecule has 6 nitrogen and oxygen atoms in total. The first-order valence-electron chi connectivity index (χ1n) is 6.48. The molecule has 0 saturated heterocycles. The molecule has 3 N–H and O–H groups in total. The number of nitrogens with zero attached hydrogens (tertiary/aromatic N) is 1. The standard InChI is InChI=1S/C13H21N3O3S2/c1-15-13(17)6-7-16(2)21(18,19)9-8-20-12-5-3-4-11(14)10-12/h3-5,10H,6-9,14H2,1-2H3,(H,15,17). The number of hydrogen-bond donors (Lipinski definition) is 2. The quantitative estimate of drug-likeness (QED) is 0.542. The summed E-state index contributed by atoms with van der Waals surface area (Å²) in [6, 6.07) is 7.32. The van der Waals surface area contributed by atoms with E-state index in [2.05, 4.69) is 5.32 Å². The van der Waals surface area contributed by atoms with E-state index in [-0.39, 0.29) is 24.6 Å². The van der Waals surface area contributed by atoms with Gasteiger partial charge in [0.1, 0.15) is 0 Å². The summed E-state index contributed by atoms with van der Waals surface area (Å²) in [7, 11) is -0.327. The molecule has 0 saturated carbocycles. The first kappa shape index (κ1) is 17.8. The lowest BCUT2D eigenvalue weighted by atomic mass is 10.3. The van der Waals surface area contributed by atoms with Crippen molar-refractivity contribution >= 4 is 33.4 Å². The summed E-state index contributed by atoms with van der Waals surface area (Å²) in [5, 5.41) is 2.47. The van der Waals surface area contributed by atoms with Crippen LogP contribution in [0.4, 0.5) is 5.69 Å². The molecule has 0 atom stereocenters. The van der Waals surface area contributed by atoms with E-state index >= 15 is 0 Å². The number of nitrogen functional groups attached to an aromatic ring is 1. The Bertz CT molecular complexity index is 576. The number of carbonyl (C=O) groups is 1. The minimum atomic E-state index is -3.34. The maximum absolute atomic E-state index is 12.0. The van der Waals surface area contributed by atoms with Gasteiger partial charge < -0.3 is 11.1 Å². The van der Waals surface area contributed by atoms with Gasteiger partial charge in [0.05, 0.1) is 5.75 Å². The SMILES string of the molecule is CNC(=O)CCN(C)S(=O)(=O)CCSc1cccc(N)c1. The zero-order valence-electron chi connectivity index (χ0n) is 12.2. The summed E-state index contributed by atoms with van der Waals surface area (Å²) in [4.78, 5) is 12.1. The Labute approximate surface area is 130 Å². The van der Waals surface area contributed by atoms with Crippen LogP contribution in [0.1, 0.15) is 6.42 Å². The molecule has 0 aliphatic carbocycles. The predicted octanol–water partition coefficient (Wildman–Crippen LogP) is 0.759. The fraction of sp³-hybridized carbons (Fsp3) is 0.462. The number of hydrogen-bond acceptors (Lipinski definition) is 5. The van der Waals surface area contributed by atoms with E-state index in [1.807, 2.05) is 18.2 Å². The number of carbonyl (C=O) groups excluding carboxylic acids is 1. The Morgan fingerprint density at radius 3 is 2.76 bits per heavy atom. The molecule has 0 radical (unpaired) electrons. The Balaban J connectivity index is 2.43. The fourth-order valence-electron chi connectivity index (χ4n) is 1.55. The van der Waals surface area contributed by atoms with Gasteiger partial charge in [0, 0.05) is 43.4 Å². The molecule has 1 aromatic rings. The minimum Gasteiger partial charge on any atom is -0.399 e. The van der Waals surface area contributed by atoms with Gasteiger partial charge in [-0.3, -0.25) is 4.79 Å². The fourth-order valence-corrected chi connectivity index (χ4v) is 4.03. The van der Waals surface area contributed by atoms with Crippen molar-refractivity contribution in [1.82, 2.24) is 9.62 Å². The maximum Gasteiger partial charge on any atom is 0.221 e. The number of nitrogens with two attached hydrogens (primary N) is 1. The second kappa shape index (κ2) is 8.26. The zero-order valence-corrected chi connectivity index (χ0v) is 13.8. The van der Waals surface area contributed by atoms with Crippen LogP contribution in [0.15, 0.2) is 29.2 Å². The minimum absolute atomic E-state index is 0.0245. The van der Waals surface area contributed by atoms with E-state index in [0.29, 0.717) is 11.4 Å². The van der Waals surface area contributed by atoms with Crippen molar-refractivity contribution in [3.63, 3.8) is 0 Å². The van der Waals surface area contributed by atoms with Crippen molar-refractivity contribution in [2.75, 3.05) is 37.9 Å². The molecular weight excluding hydrogens is 310 g/mol. The van der Waals surface area contributed by atoms with E-state index in [4.69, 9.17) is 5.73 Å². The number of rotatable bonds is 8. The average Bonchev–Trinajstić information content (AvgIpc) is 2.44. The summed E-state index contributed by atoms with van der Waals surface area (Å²) in [5.74, 6) is 0.290. The van der Waals surface area contributed by atoms with Gasteiger partial charge in [-0.25, -0.2) is 12.7 Å². The molecule has 0 spiro atoms. The van der Waals surface area contributed by atoms with Gasteiger partial charge in [-0.2, -0.15) is 0 Å².